The Kier molecular flexibility index (Phi) is 5.10. The first kappa shape index (κ1) is 19.9. The van der Waals surface area contributed by atoms with E-state index in [0.717, 1.165) is 16.8 Å². The third kappa shape index (κ3) is 3.52. The molecule has 1 aromatic carbocycles. The number of carbonyl (C=O) groups is 2. The second-order valence-corrected chi connectivity index (χ2v) is 8.38. The van der Waals surface area contributed by atoms with Crippen LogP contribution in [-0.4, -0.2) is 76.0 Å². The van der Waals surface area contributed by atoms with E-state index in [1.165, 1.54) is 4.90 Å². The van der Waals surface area contributed by atoms with Crippen LogP contribution in [0, 0.1) is 0 Å². The molecule has 0 spiro atoms. The van der Waals surface area contributed by atoms with Crippen molar-refractivity contribution in [3.63, 3.8) is 0 Å². The summed E-state index contributed by atoms with van der Waals surface area (Å²) in [6.45, 7) is 9.19. The van der Waals surface area contributed by atoms with Gasteiger partial charge in [-0.2, -0.15) is 5.10 Å². The number of hydrogen-bond acceptors (Lipinski definition) is 6. The van der Waals surface area contributed by atoms with Gasteiger partial charge in [-0.3, -0.25) is 20.0 Å². The van der Waals surface area contributed by atoms with Crippen molar-refractivity contribution in [1.29, 1.82) is 0 Å². The molecule has 3 heterocycles. The van der Waals surface area contributed by atoms with Crippen molar-refractivity contribution < 1.29 is 9.59 Å². The standard InChI is InChI=1S/C20H25ClN6O2/c1-12(2)9-27-19-22-17-16(25(19)10-13(3)23-27)18(28)26(20(29)24(17)4)11-14-6-5-7-15(21)8-14/h5-8,16-17,19,22H,1,9-11H2,2-4H3. The van der Waals surface area contributed by atoms with Crippen molar-refractivity contribution in [3.8, 4) is 0 Å². The first-order chi connectivity index (χ1) is 13.8. The maximum atomic E-state index is 13.4. The van der Waals surface area contributed by atoms with Gasteiger partial charge in [-0.25, -0.2) is 9.69 Å². The minimum absolute atomic E-state index is 0.187. The predicted molar refractivity (Wildman–Crippen MR) is 111 cm³/mol. The Bertz CT molecular complexity index is 903. The second-order valence-electron chi connectivity index (χ2n) is 7.94. The van der Waals surface area contributed by atoms with Crippen molar-refractivity contribution >= 4 is 29.3 Å². The van der Waals surface area contributed by atoms with Crippen LogP contribution in [0.15, 0.2) is 41.5 Å². The van der Waals surface area contributed by atoms with E-state index in [0.29, 0.717) is 18.1 Å². The average Bonchev–Trinajstić information content (AvgIpc) is 3.03. The number of likely N-dealkylation sites (N-methyl/N-ethyl adjacent to an activating group) is 1. The molecule has 3 unspecified atom stereocenters. The van der Waals surface area contributed by atoms with Crippen molar-refractivity contribution in [2.75, 3.05) is 20.1 Å². The first-order valence-corrected chi connectivity index (χ1v) is 9.93. The molecule has 4 rings (SSSR count). The molecule has 0 saturated carbocycles. The summed E-state index contributed by atoms with van der Waals surface area (Å²) in [5.41, 5.74) is 2.70. The summed E-state index contributed by atoms with van der Waals surface area (Å²) in [4.78, 5) is 31.4. The van der Waals surface area contributed by atoms with Crippen molar-refractivity contribution in [3.05, 3.63) is 47.0 Å². The summed E-state index contributed by atoms with van der Waals surface area (Å²) in [5, 5.41) is 10.5. The lowest BCUT2D eigenvalue weighted by molar-refractivity contribution is -0.139. The Morgan fingerprint density at radius 1 is 1.38 bits per heavy atom. The Morgan fingerprint density at radius 3 is 2.83 bits per heavy atom. The number of nitrogens with one attached hydrogen (secondary N) is 1. The summed E-state index contributed by atoms with van der Waals surface area (Å²) >= 11 is 6.07. The van der Waals surface area contributed by atoms with E-state index in [2.05, 4.69) is 21.9 Å². The van der Waals surface area contributed by atoms with E-state index >= 15 is 0 Å². The van der Waals surface area contributed by atoms with Crippen LogP contribution in [0.2, 0.25) is 5.02 Å². The Hall–Kier alpha value is -2.42. The van der Waals surface area contributed by atoms with Gasteiger partial charge in [-0.05, 0) is 31.5 Å². The summed E-state index contributed by atoms with van der Waals surface area (Å²) < 4.78 is 0. The molecule has 1 aromatic rings. The molecular weight excluding hydrogens is 392 g/mol. The highest BCUT2D eigenvalue weighted by molar-refractivity contribution is 6.30. The summed E-state index contributed by atoms with van der Waals surface area (Å²) in [6, 6.07) is 6.41. The Balaban J connectivity index is 1.63. The highest BCUT2D eigenvalue weighted by Gasteiger charge is 2.56. The molecular formula is C20H25ClN6O2. The first-order valence-electron chi connectivity index (χ1n) is 9.56. The molecule has 0 radical (unpaired) electrons. The van der Waals surface area contributed by atoms with Gasteiger partial charge in [0, 0.05) is 24.3 Å². The highest BCUT2D eigenvalue weighted by atomic mass is 35.5. The topological polar surface area (TPSA) is 71.5 Å². The lowest BCUT2D eigenvalue weighted by Crippen LogP contribution is -2.66. The number of benzene rings is 1. The number of halogens is 1. The third-order valence-electron chi connectivity index (χ3n) is 5.41. The van der Waals surface area contributed by atoms with Gasteiger partial charge in [0.25, 0.3) is 5.91 Å². The summed E-state index contributed by atoms with van der Waals surface area (Å²) in [6.07, 6.45) is -0.681. The fourth-order valence-electron chi connectivity index (χ4n) is 4.21. The zero-order chi connectivity index (χ0) is 20.9. The van der Waals surface area contributed by atoms with Crippen LogP contribution < -0.4 is 5.32 Å². The van der Waals surface area contributed by atoms with Crippen molar-refractivity contribution in [2.45, 2.75) is 38.9 Å². The van der Waals surface area contributed by atoms with E-state index < -0.39 is 12.2 Å². The van der Waals surface area contributed by atoms with Gasteiger partial charge in [-0.15, -0.1) is 0 Å². The predicted octanol–water partition coefficient (Wildman–Crippen LogP) is 1.89. The molecule has 3 amide bonds. The molecule has 3 atom stereocenters. The van der Waals surface area contributed by atoms with Gasteiger partial charge in [0.2, 0.25) is 0 Å². The number of hydrogen-bond donors (Lipinski definition) is 1. The van der Waals surface area contributed by atoms with Gasteiger partial charge >= 0.3 is 6.03 Å². The lowest BCUT2D eigenvalue weighted by atomic mass is 10.1. The smallest absolute Gasteiger partial charge is 0.310 e. The van der Waals surface area contributed by atoms with Crippen molar-refractivity contribution in [1.82, 2.24) is 25.0 Å². The molecule has 3 aliphatic rings. The fourth-order valence-corrected chi connectivity index (χ4v) is 4.42. The van der Waals surface area contributed by atoms with Crippen molar-refractivity contribution in [2.24, 2.45) is 5.10 Å². The zero-order valence-corrected chi connectivity index (χ0v) is 17.6. The van der Waals surface area contributed by atoms with Gasteiger partial charge in [0.15, 0.2) is 6.29 Å². The largest absolute Gasteiger partial charge is 0.328 e. The van der Waals surface area contributed by atoms with Gasteiger partial charge < -0.3 is 4.90 Å². The Morgan fingerprint density at radius 2 is 2.14 bits per heavy atom. The minimum atomic E-state index is -0.486. The lowest BCUT2D eigenvalue weighted by Gasteiger charge is -2.42. The average molecular weight is 417 g/mol. The fraction of sp³-hybridized carbons (Fsp3) is 0.450. The molecule has 0 bridgehead atoms. The van der Waals surface area contributed by atoms with E-state index in [4.69, 9.17) is 11.6 Å². The molecule has 154 valence electrons. The number of imide groups is 1. The van der Waals surface area contributed by atoms with Crippen LogP contribution in [0.4, 0.5) is 4.79 Å². The number of carbonyl (C=O) groups excluding carboxylic acids is 2. The number of urea groups is 1. The van der Waals surface area contributed by atoms with Crippen LogP contribution >= 0.6 is 11.6 Å². The molecule has 9 heteroatoms. The second kappa shape index (κ2) is 7.44. The maximum absolute atomic E-state index is 13.4. The van der Waals surface area contributed by atoms with E-state index in [-0.39, 0.29) is 24.8 Å². The van der Waals surface area contributed by atoms with Gasteiger partial charge in [-0.1, -0.05) is 35.9 Å². The Labute approximate surface area is 175 Å². The van der Waals surface area contributed by atoms with Crippen LogP contribution in [0.5, 0.6) is 0 Å². The molecule has 29 heavy (non-hydrogen) atoms. The normalized spacial score (nSPS) is 27.1. The van der Waals surface area contributed by atoms with E-state index in [1.54, 1.807) is 24.1 Å². The van der Waals surface area contributed by atoms with Crippen LogP contribution in [0.3, 0.4) is 0 Å². The monoisotopic (exact) mass is 416 g/mol. The number of amides is 3. The number of fused-ring (bicyclic) bond motifs is 3. The molecule has 0 aliphatic carbocycles. The molecule has 0 aromatic heterocycles. The maximum Gasteiger partial charge on any atom is 0.328 e. The highest BCUT2D eigenvalue weighted by Crippen LogP contribution is 2.31. The number of hydrazone groups is 1. The van der Waals surface area contributed by atoms with Crippen LogP contribution in [-0.2, 0) is 11.3 Å². The molecule has 2 saturated heterocycles. The number of nitrogens with zero attached hydrogens (tertiary/aromatic N) is 5. The number of rotatable bonds is 4. The third-order valence-corrected chi connectivity index (χ3v) is 5.65. The molecule has 8 nitrogen and oxygen atoms in total. The molecule has 3 aliphatic heterocycles. The zero-order valence-electron chi connectivity index (χ0n) is 16.8. The quantitative estimate of drug-likeness (QED) is 0.759. The van der Waals surface area contributed by atoms with Crippen LogP contribution in [0.1, 0.15) is 19.4 Å². The van der Waals surface area contributed by atoms with Crippen LogP contribution in [0.25, 0.3) is 0 Å². The van der Waals surface area contributed by atoms with E-state index in [1.807, 2.05) is 31.0 Å². The van der Waals surface area contributed by atoms with Gasteiger partial charge in [0.05, 0.1) is 13.1 Å². The molecule has 2 fully saturated rings. The van der Waals surface area contributed by atoms with Gasteiger partial charge in [0.1, 0.15) is 12.2 Å². The minimum Gasteiger partial charge on any atom is -0.310 e. The van der Waals surface area contributed by atoms with E-state index in [9.17, 15) is 9.59 Å². The summed E-state index contributed by atoms with van der Waals surface area (Å²) in [7, 11) is 1.72. The molecule has 1 N–H and O–H groups in total. The SMILES string of the molecule is C=C(C)CN1N=C(C)CN2C3C(=O)N(Cc4cccc(Cl)c4)C(=O)N(C)C3NC12. The summed E-state index contributed by atoms with van der Waals surface area (Å²) in [5.74, 6) is -0.210.